The smallest absolute Gasteiger partial charge is 0.333 e. The number of carbonyl (C=O) groups is 1. The Morgan fingerprint density at radius 3 is 2.75 bits per heavy atom. The molecule has 4 unspecified atom stereocenters. The fraction of sp³-hybridized carbons (Fsp3) is 0.571. The lowest BCUT2D eigenvalue weighted by atomic mass is 10.1. The van der Waals surface area contributed by atoms with Crippen LogP contribution < -0.4 is 4.74 Å². The van der Waals surface area contributed by atoms with E-state index in [1.165, 1.54) is 0 Å². The second kappa shape index (κ2) is 11.0. The van der Waals surface area contributed by atoms with Gasteiger partial charge in [-0.2, -0.15) is 0 Å². The third-order valence-corrected chi connectivity index (χ3v) is 5.12. The predicted octanol–water partition coefficient (Wildman–Crippen LogP) is 4.30. The van der Waals surface area contributed by atoms with Crippen LogP contribution in [0.2, 0.25) is 0 Å². The molecule has 1 saturated heterocycles. The molecule has 1 aromatic rings. The molecule has 1 aliphatic rings. The van der Waals surface area contributed by atoms with Crippen molar-refractivity contribution in [2.24, 2.45) is 0 Å². The summed E-state index contributed by atoms with van der Waals surface area (Å²) in [5.74, 6) is 0.0715. The van der Waals surface area contributed by atoms with Crippen LogP contribution in [-0.4, -0.2) is 42.6 Å². The molecule has 0 radical (unpaired) electrons. The van der Waals surface area contributed by atoms with E-state index in [-0.39, 0.29) is 25.4 Å². The molecule has 0 bridgehead atoms. The molecule has 1 aliphatic heterocycles. The van der Waals surface area contributed by atoms with Crippen molar-refractivity contribution in [1.29, 1.82) is 0 Å². The number of esters is 1. The Hall–Kier alpha value is -1.41. The van der Waals surface area contributed by atoms with Gasteiger partial charge in [0.2, 0.25) is 0 Å². The molecule has 0 spiro atoms. The van der Waals surface area contributed by atoms with Crippen LogP contribution in [0.25, 0.3) is 0 Å². The zero-order chi connectivity index (χ0) is 20.7. The maximum absolute atomic E-state index is 11.6. The van der Waals surface area contributed by atoms with Crippen LogP contribution in [0, 0.1) is 0 Å². The Morgan fingerprint density at radius 1 is 1.36 bits per heavy atom. The topological polar surface area (TPSA) is 74.2 Å². The maximum atomic E-state index is 11.6. The molecule has 2 rings (SSSR count). The Balaban J connectivity index is 1.88. The highest BCUT2D eigenvalue weighted by Gasteiger charge is 2.28. The predicted molar refractivity (Wildman–Crippen MR) is 109 cm³/mol. The Morgan fingerprint density at radius 2 is 2.11 bits per heavy atom. The van der Waals surface area contributed by atoms with E-state index in [2.05, 4.69) is 36.4 Å². The highest BCUT2D eigenvalue weighted by Crippen LogP contribution is 2.34. The number of rotatable bonds is 9. The lowest BCUT2D eigenvalue weighted by molar-refractivity contribution is -0.243. The molecule has 0 aliphatic carbocycles. The molecule has 0 saturated carbocycles. The number of ether oxygens (including phenoxy) is 4. The highest BCUT2D eigenvalue weighted by atomic mass is 79.9. The van der Waals surface area contributed by atoms with Crippen molar-refractivity contribution < 1.29 is 28.8 Å². The lowest BCUT2D eigenvalue weighted by Gasteiger charge is -2.34. The number of aliphatic hydroxyl groups excluding tert-OH is 1. The number of hydrogen-bond acceptors (Lipinski definition) is 6. The van der Waals surface area contributed by atoms with Gasteiger partial charge in [0.15, 0.2) is 6.29 Å². The summed E-state index contributed by atoms with van der Waals surface area (Å²) in [4.78, 5) is 11.6. The van der Waals surface area contributed by atoms with Gasteiger partial charge in [0.05, 0.1) is 16.7 Å². The minimum atomic E-state index is -0.934. The SMILES string of the molecule is C=C(CC)C(=O)OCC(O)COc1ccc(C2OC(C)CC(CC)O2)cc1Br. The standard InChI is InChI=1S/C21H29BrO6/c1-5-13(3)20(24)26-12-16(23)11-25-19-8-7-15(10-18(19)22)21-27-14(4)9-17(6-2)28-21/h7-8,10,14,16-17,21,23H,3,5-6,9,11-12H2,1-2,4H3. The van der Waals surface area contributed by atoms with Crippen molar-refractivity contribution in [2.45, 2.75) is 64.6 Å². The van der Waals surface area contributed by atoms with Gasteiger partial charge in [-0.15, -0.1) is 0 Å². The molecular weight excluding hydrogens is 428 g/mol. The minimum Gasteiger partial charge on any atom is -0.490 e. The van der Waals surface area contributed by atoms with Crippen molar-refractivity contribution in [3.63, 3.8) is 0 Å². The highest BCUT2D eigenvalue weighted by molar-refractivity contribution is 9.10. The molecule has 7 heteroatoms. The first-order chi connectivity index (χ1) is 13.3. The quantitative estimate of drug-likeness (QED) is 0.440. The van der Waals surface area contributed by atoms with Gasteiger partial charge in [0.1, 0.15) is 25.1 Å². The van der Waals surface area contributed by atoms with E-state index in [0.717, 1.165) is 22.9 Å². The average Bonchev–Trinajstić information content (AvgIpc) is 2.69. The Bertz CT molecular complexity index is 677. The molecule has 1 heterocycles. The largest absolute Gasteiger partial charge is 0.490 e. The summed E-state index contributed by atoms with van der Waals surface area (Å²) in [6.45, 7) is 9.42. The molecule has 28 heavy (non-hydrogen) atoms. The molecule has 1 N–H and O–H groups in total. The lowest BCUT2D eigenvalue weighted by Crippen LogP contribution is -2.31. The van der Waals surface area contributed by atoms with Crippen molar-refractivity contribution >= 4 is 21.9 Å². The van der Waals surface area contributed by atoms with Crippen LogP contribution in [0.15, 0.2) is 34.8 Å². The van der Waals surface area contributed by atoms with Crippen LogP contribution in [-0.2, 0) is 19.0 Å². The fourth-order valence-electron chi connectivity index (χ4n) is 2.75. The van der Waals surface area contributed by atoms with E-state index >= 15 is 0 Å². The van der Waals surface area contributed by atoms with Crippen LogP contribution in [0.1, 0.15) is 51.9 Å². The Kier molecular flexibility index (Phi) is 8.95. The van der Waals surface area contributed by atoms with Crippen molar-refractivity contribution in [2.75, 3.05) is 13.2 Å². The normalized spacial score (nSPS) is 23.1. The number of halogens is 1. The van der Waals surface area contributed by atoms with Gasteiger partial charge in [-0.25, -0.2) is 4.79 Å². The summed E-state index contributed by atoms with van der Waals surface area (Å²) in [7, 11) is 0. The van der Waals surface area contributed by atoms with Gasteiger partial charge < -0.3 is 24.1 Å². The summed E-state index contributed by atoms with van der Waals surface area (Å²) in [5, 5.41) is 9.96. The first kappa shape index (κ1) is 22.9. The zero-order valence-corrected chi connectivity index (χ0v) is 18.2. The third-order valence-electron chi connectivity index (χ3n) is 4.50. The van der Waals surface area contributed by atoms with Crippen molar-refractivity contribution in [3.8, 4) is 5.75 Å². The molecule has 1 aromatic carbocycles. The molecule has 6 nitrogen and oxygen atoms in total. The van der Waals surface area contributed by atoms with Gasteiger partial charge in [-0.1, -0.05) is 26.5 Å². The van der Waals surface area contributed by atoms with Crippen molar-refractivity contribution in [1.82, 2.24) is 0 Å². The summed E-state index contributed by atoms with van der Waals surface area (Å²) in [6, 6.07) is 5.57. The van der Waals surface area contributed by atoms with E-state index in [0.29, 0.717) is 17.7 Å². The summed E-state index contributed by atoms with van der Waals surface area (Å²) < 4.78 is 23.2. The van der Waals surface area contributed by atoms with Gasteiger partial charge in [0.25, 0.3) is 0 Å². The van der Waals surface area contributed by atoms with E-state index in [4.69, 9.17) is 18.9 Å². The first-order valence-corrected chi connectivity index (χ1v) is 10.4. The average molecular weight is 457 g/mol. The molecule has 0 amide bonds. The second-order valence-electron chi connectivity index (χ2n) is 6.89. The summed E-state index contributed by atoms with van der Waals surface area (Å²) in [6.07, 6.45) is 1.33. The van der Waals surface area contributed by atoms with Crippen molar-refractivity contribution in [3.05, 3.63) is 40.4 Å². The molecule has 4 atom stereocenters. The molecule has 1 fully saturated rings. The van der Waals surface area contributed by atoms with Crippen LogP contribution in [0.3, 0.4) is 0 Å². The second-order valence-corrected chi connectivity index (χ2v) is 7.75. The molecule has 156 valence electrons. The molecular formula is C21H29BrO6. The van der Waals surface area contributed by atoms with E-state index in [1.807, 2.05) is 19.1 Å². The van der Waals surface area contributed by atoms with Gasteiger partial charge in [-0.05, 0) is 54.2 Å². The fourth-order valence-corrected chi connectivity index (χ4v) is 3.26. The number of hydrogen-bond donors (Lipinski definition) is 1. The number of carbonyl (C=O) groups excluding carboxylic acids is 1. The third kappa shape index (κ3) is 6.58. The number of benzene rings is 1. The van der Waals surface area contributed by atoms with E-state index in [9.17, 15) is 9.90 Å². The Labute approximate surface area is 174 Å². The van der Waals surface area contributed by atoms with E-state index < -0.39 is 18.4 Å². The summed E-state index contributed by atoms with van der Waals surface area (Å²) >= 11 is 3.49. The van der Waals surface area contributed by atoms with Crippen LogP contribution >= 0.6 is 15.9 Å². The van der Waals surface area contributed by atoms with Gasteiger partial charge >= 0.3 is 5.97 Å². The van der Waals surface area contributed by atoms with Crippen LogP contribution in [0.5, 0.6) is 5.75 Å². The van der Waals surface area contributed by atoms with Crippen LogP contribution in [0.4, 0.5) is 0 Å². The van der Waals surface area contributed by atoms with Gasteiger partial charge in [-0.3, -0.25) is 0 Å². The minimum absolute atomic E-state index is 0.00476. The summed E-state index contributed by atoms with van der Waals surface area (Å²) in [5.41, 5.74) is 1.27. The van der Waals surface area contributed by atoms with Gasteiger partial charge in [0, 0.05) is 11.1 Å². The maximum Gasteiger partial charge on any atom is 0.333 e. The zero-order valence-electron chi connectivity index (χ0n) is 16.7. The number of aliphatic hydroxyl groups is 1. The van der Waals surface area contributed by atoms with E-state index in [1.54, 1.807) is 6.07 Å². The molecule has 0 aromatic heterocycles. The monoisotopic (exact) mass is 456 g/mol. The first-order valence-electron chi connectivity index (χ1n) is 9.60.